The largest absolute Gasteiger partial charge is 0.541 e. The second-order valence-electron chi connectivity index (χ2n) is 16.4. The molecule has 0 aliphatic carbocycles. The van der Waals surface area contributed by atoms with Crippen molar-refractivity contribution in [1.29, 1.82) is 0 Å². The Morgan fingerprint density at radius 1 is 0.462 bits per heavy atom. The van der Waals surface area contributed by atoms with Crippen molar-refractivity contribution in [3.05, 3.63) is 35.9 Å². The summed E-state index contributed by atoms with van der Waals surface area (Å²) in [5, 5.41) is 2.13. The minimum Gasteiger partial charge on any atom is -0.541 e. The van der Waals surface area contributed by atoms with Gasteiger partial charge < -0.3 is 8.85 Å². The smallest absolute Gasteiger partial charge is 0.251 e. The number of unbranched alkanes of at least 4 members (excludes halogenated alkanes) is 18. The molecular formula is C47H84O3Si2. The fraction of sp³-hybridized carbons (Fsp3) is 0.766. The molecule has 2 aromatic carbocycles. The van der Waals surface area contributed by atoms with Crippen molar-refractivity contribution in [1.82, 2.24) is 0 Å². The minimum absolute atomic E-state index is 0.742. The van der Waals surface area contributed by atoms with Gasteiger partial charge in [-0.1, -0.05) is 220 Å². The highest BCUT2D eigenvalue weighted by atomic mass is 28.4. The van der Waals surface area contributed by atoms with Crippen molar-refractivity contribution in [2.24, 2.45) is 0 Å². The summed E-state index contributed by atoms with van der Waals surface area (Å²) in [5.74, 6) is 1.75. The SMILES string of the molecule is CCCCCC[Si](CCCCCC)(CCCCCC)Oc1cc2ccccc2c(C=O)c1O[Si](CCCCCC)(CCCCCC)CCCCCC. The topological polar surface area (TPSA) is 35.5 Å². The Morgan fingerprint density at radius 2 is 0.808 bits per heavy atom. The molecule has 0 aliphatic rings. The van der Waals surface area contributed by atoms with Gasteiger partial charge in [0.1, 0.15) is 5.75 Å². The number of fused-ring (bicyclic) bond motifs is 1. The molecule has 52 heavy (non-hydrogen) atoms. The molecule has 3 nitrogen and oxygen atoms in total. The summed E-state index contributed by atoms with van der Waals surface area (Å²) in [6.45, 7) is 13.9. The average Bonchev–Trinajstić information content (AvgIpc) is 3.16. The van der Waals surface area contributed by atoms with Crippen molar-refractivity contribution < 1.29 is 13.6 Å². The predicted molar refractivity (Wildman–Crippen MR) is 236 cm³/mol. The Kier molecular flexibility index (Phi) is 25.8. The van der Waals surface area contributed by atoms with Gasteiger partial charge in [-0.2, -0.15) is 0 Å². The van der Waals surface area contributed by atoms with Crippen LogP contribution in [0.1, 0.15) is 206 Å². The van der Waals surface area contributed by atoms with Crippen molar-refractivity contribution >= 4 is 33.7 Å². The van der Waals surface area contributed by atoms with Gasteiger partial charge in [0.25, 0.3) is 16.6 Å². The lowest BCUT2D eigenvalue weighted by atomic mass is 10.0. The van der Waals surface area contributed by atoms with Gasteiger partial charge in [0, 0.05) is 0 Å². The van der Waals surface area contributed by atoms with Crippen LogP contribution in [0.2, 0.25) is 36.3 Å². The van der Waals surface area contributed by atoms with Crippen LogP contribution in [0.25, 0.3) is 10.8 Å². The van der Waals surface area contributed by atoms with Gasteiger partial charge in [-0.05, 0) is 53.1 Å². The molecule has 0 fully saturated rings. The molecule has 0 spiro atoms. The van der Waals surface area contributed by atoms with E-state index in [9.17, 15) is 4.79 Å². The fourth-order valence-electron chi connectivity index (χ4n) is 8.38. The van der Waals surface area contributed by atoms with Crippen LogP contribution in [0.4, 0.5) is 0 Å². The molecule has 0 atom stereocenters. The molecule has 2 aromatic rings. The second kappa shape index (κ2) is 28.8. The summed E-state index contributed by atoms with van der Waals surface area (Å²) in [5.41, 5.74) is 0.742. The Morgan fingerprint density at radius 3 is 1.15 bits per heavy atom. The third-order valence-corrected chi connectivity index (χ3v) is 20.6. The Balaban J connectivity index is 2.76. The summed E-state index contributed by atoms with van der Waals surface area (Å²) in [4.78, 5) is 13.4. The zero-order valence-corrected chi connectivity index (χ0v) is 37.4. The molecular weight excluding hydrogens is 669 g/mol. The van der Waals surface area contributed by atoms with E-state index in [4.69, 9.17) is 8.85 Å². The lowest BCUT2D eigenvalue weighted by Crippen LogP contribution is -2.44. The van der Waals surface area contributed by atoms with E-state index in [-0.39, 0.29) is 0 Å². The third-order valence-electron chi connectivity index (χ3n) is 11.7. The lowest BCUT2D eigenvalue weighted by molar-refractivity contribution is 0.112. The summed E-state index contributed by atoms with van der Waals surface area (Å²) in [6.07, 6.45) is 31.7. The maximum Gasteiger partial charge on any atom is 0.251 e. The molecule has 0 N–H and O–H groups in total. The lowest BCUT2D eigenvalue weighted by Gasteiger charge is -2.37. The van der Waals surface area contributed by atoms with E-state index in [1.54, 1.807) is 0 Å². The van der Waals surface area contributed by atoms with Gasteiger partial charge in [-0.15, -0.1) is 0 Å². The molecule has 0 bridgehead atoms. The molecule has 5 heteroatoms. The van der Waals surface area contributed by atoms with Gasteiger partial charge in [-0.25, -0.2) is 0 Å². The summed E-state index contributed by atoms with van der Waals surface area (Å²) in [7, 11) is -4.46. The van der Waals surface area contributed by atoms with Crippen molar-refractivity contribution in [2.45, 2.75) is 232 Å². The number of aldehydes is 1. The van der Waals surface area contributed by atoms with Crippen molar-refractivity contribution in [3.8, 4) is 11.5 Å². The molecule has 0 saturated heterocycles. The third kappa shape index (κ3) is 17.3. The summed E-state index contributed by atoms with van der Waals surface area (Å²) in [6, 6.07) is 18.1. The van der Waals surface area contributed by atoms with Crippen LogP contribution >= 0.6 is 0 Å². The quantitative estimate of drug-likeness (QED) is 0.0399. The van der Waals surface area contributed by atoms with Crippen LogP contribution in [0.15, 0.2) is 30.3 Å². The second-order valence-corrected chi connectivity index (χ2v) is 24.5. The van der Waals surface area contributed by atoms with E-state index >= 15 is 0 Å². The van der Waals surface area contributed by atoms with E-state index < -0.39 is 16.6 Å². The van der Waals surface area contributed by atoms with Gasteiger partial charge in [-0.3, -0.25) is 4.79 Å². The molecule has 298 valence electrons. The zero-order chi connectivity index (χ0) is 37.8. The Labute approximate surface area is 325 Å². The van der Waals surface area contributed by atoms with Crippen LogP contribution in [0, 0.1) is 0 Å². The van der Waals surface area contributed by atoms with Crippen LogP contribution in [0.5, 0.6) is 11.5 Å². The van der Waals surface area contributed by atoms with Crippen molar-refractivity contribution in [2.75, 3.05) is 0 Å². The maximum atomic E-state index is 13.4. The Hall–Kier alpha value is -1.60. The number of hydrogen-bond acceptors (Lipinski definition) is 3. The van der Waals surface area contributed by atoms with Gasteiger partial charge in [0.05, 0.1) is 5.56 Å². The van der Waals surface area contributed by atoms with Crippen LogP contribution in [-0.4, -0.2) is 22.9 Å². The molecule has 0 radical (unpaired) electrons. The molecule has 0 heterocycles. The van der Waals surface area contributed by atoms with Crippen molar-refractivity contribution in [3.63, 3.8) is 0 Å². The molecule has 0 unspecified atom stereocenters. The highest BCUT2D eigenvalue weighted by Gasteiger charge is 2.40. The number of rotatable bonds is 35. The molecule has 0 aliphatic heterocycles. The van der Waals surface area contributed by atoms with Crippen LogP contribution < -0.4 is 8.85 Å². The number of carbonyl (C=O) groups excluding carboxylic acids is 1. The van der Waals surface area contributed by atoms with Crippen LogP contribution in [-0.2, 0) is 0 Å². The Bertz CT molecular complexity index is 1120. The van der Waals surface area contributed by atoms with E-state index in [1.165, 1.54) is 190 Å². The van der Waals surface area contributed by atoms with E-state index in [0.29, 0.717) is 0 Å². The first-order chi connectivity index (χ1) is 25.5. The van der Waals surface area contributed by atoms with E-state index in [0.717, 1.165) is 34.1 Å². The molecule has 0 saturated carbocycles. The number of carbonyl (C=O) groups is 1. The number of benzene rings is 2. The monoisotopic (exact) mass is 753 g/mol. The summed E-state index contributed by atoms with van der Waals surface area (Å²) < 4.78 is 15.6. The number of hydrogen-bond donors (Lipinski definition) is 0. The summed E-state index contributed by atoms with van der Waals surface area (Å²) >= 11 is 0. The van der Waals surface area contributed by atoms with Crippen LogP contribution in [0.3, 0.4) is 0 Å². The fourth-order valence-corrected chi connectivity index (χ4v) is 17.1. The molecule has 2 rings (SSSR count). The first-order valence-corrected chi connectivity index (χ1v) is 27.9. The highest BCUT2D eigenvalue weighted by Crippen LogP contribution is 2.45. The first-order valence-electron chi connectivity index (χ1n) is 22.9. The average molecular weight is 753 g/mol. The predicted octanol–water partition coefficient (Wildman–Crippen LogP) is 16.8. The molecule has 0 amide bonds. The van der Waals surface area contributed by atoms with Gasteiger partial charge in [0.15, 0.2) is 12.0 Å². The minimum atomic E-state index is -2.26. The zero-order valence-electron chi connectivity index (χ0n) is 35.4. The normalized spacial score (nSPS) is 12.1. The van der Waals surface area contributed by atoms with Gasteiger partial charge >= 0.3 is 0 Å². The standard InChI is InChI=1S/C47H84O3Si2/c1-7-13-19-27-35-51(36-28-20-14-8-2,37-29-21-15-9-3)49-46-41-43-33-25-26-34-44(43)45(42-48)47(46)50-52(38-30-22-16-10-4,39-31-23-17-11-5)40-32-24-18-12-6/h25-26,33-34,41-42H,7-24,27-32,35-40H2,1-6H3. The first kappa shape index (κ1) is 46.6. The van der Waals surface area contributed by atoms with Gasteiger partial charge in [0.2, 0.25) is 0 Å². The highest BCUT2D eigenvalue weighted by molar-refractivity contribution is 6.75. The maximum absolute atomic E-state index is 13.4. The van der Waals surface area contributed by atoms with E-state index in [2.05, 4.69) is 71.9 Å². The molecule has 0 aromatic heterocycles. The van der Waals surface area contributed by atoms with E-state index in [1.807, 2.05) is 0 Å².